The Kier molecular flexibility index (Phi) is 12.4. The molecule has 0 atom stereocenters. The van der Waals surface area contributed by atoms with Gasteiger partial charge in [-0.1, -0.05) is 12.8 Å². The molecule has 1 aromatic heterocycles. The molecule has 2 aromatic rings. The first-order valence-electron chi connectivity index (χ1n) is 10.7. The summed E-state index contributed by atoms with van der Waals surface area (Å²) in [6.45, 7) is 3.94. The van der Waals surface area contributed by atoms with Gasteiger partial charge >= 0.3 is 0 Å². The van der Waals surface area contributed by atoms with Crippen LogP contribution < -0.4 is 16.4 Å². The average molecular weight is 437 g/mol. The molecule has 0 saturated carbocycles. The lowest BCUT2D eigenvalue weighted by Gasteiger charge is -2.11. The minimum Gasteiger partial charge on any atom is -0.396 e. The second kappa shape index (κ2) is 15.4. The van der Waals surface area contributed by atoms with Crippen LogP contribution in [0.2, 0.25) is 0 Å². The largest absolute Gasteiger partial charge is 0.396 e. The summed E-state index contributed by atoms with van der Waals surface area (Å²) in [5, 5.41) is 15.2. The van der Waals surface area contributed by atoms with Crippen molar-refractivity contribution in [2.75, 3.05) is 63.3 Å². The molecule has 0 aliphatic heterocycles. The highest BCUT2D eigenvalue weighted by atomic mass is 19.1. The monoisotopic (exact) mass is 436 g/mol. The molecular weight excluding hydrogens is 403 g/mol. The number of rotatable bonds is 17. The number of nitrogens with one attached hydrogen (secondary N) is 2. The molecule has 5 N–H and O–H groups in total. The number of hydrogen-bond acceptors (Lipinski definition) is 9. The predicted octanol–water partition coefficient (Wildman–Crippen LogP) is 2.05. The van der Waals surface area contributed by atoms with E-state index in [0.29, 0.717) is 69.3 Å². The van der Waals surface area contributed by atoms with Crippen molar-refractivity contribution in [3.8, 4) is 11.4 Å². The van der Waals surface area contributed by atoms with Gasteiger partial charge in [0.15, 0.2) is 5.82 Å². The molecule has 0 unspecified atom stereocenters. The molecule has 0 radical (unpaired) electrons. The number of benzene rings is 1. The summed E-state index contributed by atoms with van der Waals surface area (Å²) >= 11 is 0. The van der Waals surface area contributed by atoms with Crippen molar-refractivity contribution in [1.29, 1.82) is 0 Å². The van der Waals surface area contributed by atoms with Gasteiger partial charge < -0.3 is 30.9 Å². The van der Waals surface area contributed by atoms with Crippen LogP contribution in [0, 0.1) is 5.82 Å². The van der Waals surface area contributed by atoms with Gasteiger partial charge in [0.2, 0.25) is 11.9 Å². The highest BCUT2D eigenvalue weighted by molar-refractivity contribution is 5.57. The summed E-state index contributed by atoms with van der Waals surface area (Å²) in [6.07, 6.45) is 3.76. The van der Waals surface area contributed by atoms with Gasteiger partial charge in [0, 0.05) is 31.8 Å². The third kappa shape index (κ3) is 10.5. The second-order valence-electron chi connectivity index (χ2n) is 6.82. The molecule has 10 heteroatoms. The van der Waals surface area contributed by atoms with Crippen molar-refractivity contribution in [2.45, 2.75) is 25.7 Å². The van der Waals surface area contributed by atoms with Crippen LogP contribution in [-0.4, -0.2) is 72.7 Å². The van der Waals surface area contributed by atoms with E-state index in [9.17, 15) is 4.39 Å². The molecule has 0 amide bonds. The van der Waals surface area contributed by atoms with Gasteiger partial charge in [-0.15, -0.1) is 0 Å². The highest BCUT2D eigenvalue weighted by Crippen LogP contribution is 2.18. The Morgan fingerprint density at radius 2 is 1.45 bits per heavy atom. The van der Waals surface area contributed by atoms with Gasteiger partial charge in [0.25, 0.3) is 0 Å². The summed E-state index contributed by atoms with van der Waals surface area (Å²) in [5.41, 5.74) is 6.06. The zero-order valence-electron chi connectivity index (χ0n) is 17.9. The number of ether oxygens (including phenoxy) is 2. The Labute approximate surface area is 182 Å². The Bertz CT molecular complexity index is 736. The van der Waals surface area contributed by atoms with Crippen molar-refractivity contribution in [3.63, 3.8) is 0 Å². The van der Waals surface area contributed by atoms with Gasteiger partial charge in [-0.2, -0.15) is 15.0 Å². The van der Waals surface area contributed by atoms with Crippen molar-refractivity contribution >= 4 is 11.9 Å². The van der Waals surface area contributed by atoms with E-state index in [0.717, 1.165) is 25.7 Å². The molecule has 0 aliphatic rings. The van der Waals surface area contributed by atoms with E-state index >= 15 is 0 Å². The van der Waals surface area contributed by atoms with Crippen LogP contribution in [0.4, 0.5) is 16.3 Å². The number of nitrogens with two attached hydrogens (primary N) is 1. The van der Waals surface area contributed by atoms with E-state index in [1.807, 2.05) is 0 Å². The van der Waals surface area contributed by atoms with Crippen LogP contribution >= 0.6 is 0 Å². The smallest absolute Gasteiger partial charge is 0.228 e. The summed E-state index contributed by atoms with van der Waals surface area (Å²) in [7, 11) is 0. The Hall–Kier alpha value is -2.40. The Morgan fingerprint density at radius 3 is 2.13 bits per heavy atom. The predicted molar refractivity (Wildman–Crippen MR) is 118 cm³/mol. The molecule has 31 heavy (non-hydrogen) atoms. The van der Waals surface area contributed by atoms with Gasteiger partial charge in [0.1, 0.15) is 5.82 Å². The zero-order valence-corrected chi connectivity index (χ0v) is 17.9. The van der Waals surface area contributed by atoms with Gasteiger partial charge in [-0.25, -0.2) is 4.39 Å². The first-order chi connectivity index (χ1) is 15.2. The maximum absolute atomic E-state index is 13.3. The fourth-order valence-electron chi connectivity index (χ4n) is 2.69. The molecule has 0 bridgehead atoms. The van der Waals surface area contributed by atoms with E-state index in [2.05, 4.69) is 25.6 Å². The summed E-state index contributed by atoms with van der Waals surface area (Å²) in [4.78, 5) is 13.3. The molecule has 0 saturated heterocycles. The van der Waals surface area contributed by atoms with Gasteiger partial charge in [-0.05, 0) is 37.1 Å². The van der Waals surface area contributed by atoms with Crippen LogP contribution in [-0.2, 0) is 9.47 Å². The van der Waals surface area contributed by atoms with Gasteiger partial charge in [0.05, 0.1) is 26.4 Å². The third-order valence-corrected chi connectivity index (χ3v) is 4.27. The van der Waals surface area contributed by atoms with E-state index in [1.165, 1.54) is 12.1 Å². The molecule has 0 fully saturated rings. The van der Waals surface area contributed by atoms with Crippen LogP contribution in [0.5, 0.6) is 0 Å². The van der Waals surface area contributed by atoms with E-state index in [1.54, 1.807) is 12.1 Å². The van der Waals surface area contributed by atoms with E-state index in [-0.39, 0.29) is 12.4 Å². The first-order valence-corrected chi connectivity index (χ1v) is 10.7. The molecule has 1 heterocycles. The standard InChI is InChI=1S/C21H33FN6O3/c22-18-7-5-17(6-8-18)19-26-20(24-10-3-1-2-4-12-29)28-21(27-19)25-11-14-31-16-15-30-13-9-23/h5-8,29H,1-4,9-16,23H2,(H2,24,25,26,27,28). The van der Waals surface area contributed by atoms with Crippen LogP contribution in [0.15, 0.2) is 24.3 Å². The highest BCUT2D eigenvalue weighted by Gasteiger charge is 2.09. The van der Waals surface area contributed by atoms with Crippen molar-refractivity contribution in [3.05, 3.63) is 30.1 Å². The average Bonchev–Trinajstić information content (AvgIpc) is 2.78. The maximum atomic E-state index is 13.3. The quantitative estimate of drug-likeness (QED) is 0.275. The Morgan fingerprint density at radius 1 is 0.806 bits per heavy atom. The van der Waals surface area contributed by atoms with Crippen molar-refractivity contribution in [2.24, 2.45) is 5.73 Å². The number of hydrogen-bond donors (Lipinski definition) is 4. The molecule has 172 valence electrons. The van der Waals surface area contributed by atoms with Crippen molar-refractivity contribution in [1.82, 2.24) is 15.0 Å². The number of anilines is 2. The molecule has 1 aromatic carbocycles. The third-order valence-electron chi connectivity index (χ3n) is 4.27. The fraction of sp³-hybridized carbons (Fsp3) is 0.571. The lowest BCUT2D eigenvalue weighted by Crippen LogP contribution is -2.16. The second-order valence-corrected chi connectivity index (χ2v) is 6.82. The van der Waals surface area contributed by atoms with Crippen LogP contribution in [0.25, 0.3) is 11.4 Å². The topological polar surface area (TPSA) is 127 Å². The summed E-state index contributed by atoms with van der Waals surface area (Å²) in [6, 6.07) is 6.03. The van der Waals surface area contributed by atoms with Crippen LogP contribution in [0.1, 0.15) is 25.7 Å². The van der Waals surface area contributed by atoms with E-state index < -0.39 is 0 Å². The normalized spacial score (nSPS) is 10.9. The zero-order chi connectivity index (χ0) is 22.2. The molecular formula is C21H33FN6O3. The lowest BCUT2D eigenvalue weighted by atomic mass is 10.2. The lowest BCUT2D eigenvalue weighted by molar-refractivity contribution is 0.0547. The molecule has 0 aliphatic carbocycles. The number of aromatic nitrogens is 3. The minimum absolute atomic E-state index is 0.224. The first kappa shape index (κ1) is 24.9. The fourth-order valence-corrected chi connectivity index (χ4v) is 2.69. The van der Waals surface area contributed by atoms with Crippen molar-refractivity contribution < 1.29 is 19.0 Å². The van der Waals surface area contributed by atoms with Crippen LogP contribution in [0.3, 0.4) is 0 Å². The number of nitrogens with zero attached hydrogens (tertiary/aromatic N) is 3. The number of aliphatic hydroxyl groups is 1. The summed E-state index contributed by atoms with van der Waals surface area (Å²) in [5.74, 6) is 1.01. The molecule has 9 nitrogen and oxygen atoms in total. The molecule has 2 rings (SSSR count). The minimum atomic E-state index is -0.315. The van der Waals surface area contributed by atoms with E-state index in [4.69, 9.17) is 20.3 Å². The number of halogens is 1. The number of aliphatic hydroxyl groups excluding tert-OH is 1. The van der Waals surface area contributed by atoms with Gasteiger partial charge in [-0.3, -0.25) is 0 Å². The molecule has 0 spiro atoms. The Balaban J connectivity index is 1.91. The SMILES string of the molecule is NCCOCCOCCNc1nc(NCCCCCCO)nc(-c2ccc(F)cc2)n1. The number of unbranched alkanes of at least 4 members (excludes halogenated alkanes) is 3. The maximum Gasteiger partial charge on any atom is 0.228 e. The summed E-state index contributed by atoms with van der Waals surface area (Å²) < 4.78 is 24.0.